The molecule has 1 heterocycles. The Hall–Kier alpha value is -3.93. The number of carbonyl (C=O) groups is 3. The molecule has 1 aliphatic rings. The Morgan fingerprint density at radius 1 is 1.00 bits per heavy atom. The lowest BCUT2D eigenvalue weighted by molar-refractivity contribution is -0.384. The van der Waals surface area contributed by atoms with Crippen molar-refractivity contribution < 1.29 is 28.1 Å². The van der Waals surface area contributed by atoms with Gasteiger partial charge in [-0.2, -0.15) is 0 Å². The van der Waals surface area contributed by atoms with E-state index in [1.807, 2.05) is 0 Å². The van der Waals surface area contributed by atoms with E-state index in [1.54, 1.807) is 33.0 Å². The quantitative estimate of drug-likeness (QED) is 0.350. The second-order valence-electron chi connectivity index (χ2n) is 9.44. The zero-order valence-corrected chi connectivity index (χ0v) is 22.3. The molecule has 0 saturated carbocycles. The van der Waals surface area contributed by atoms with Crippen molar-refractivity contribution >= 4 is 23.4 Å². The fraction of sp³-hybridized carbons (Fsp3) is 0.444. The number of carbonyl (C=O) groups excluding carboxylic acids is 3. The van der Waals surface area contributed by atoms with Gasteiger partial charge in [-0.05, 0) is 63.9 Å². The maximum absolute atomic E-state index is 15.0. The van der Waals surface area contributed by atoms with Crippen LogP contribution in [0.25, 0.3) is 0 Å². The molecule has 39 heavy (non-hydrogen) atoms. The average Bonchev–Trinajstić information content (AvgIpc) is 2.93. The van der Waals surface area contributed by atoms with Crippen LogP contribution in [0.15, 0.2) is 36.4 Å². The number of nitro benzene ring substituents is 1. The molecule has 2 N–H and O–H groups in total. The fourth-order valence-corrected chi connectivity index (χ4v) is 4.73. The van der Waals surface area contributed by atoms with E-state index in [-0.39, 0.29) is 38.2 Å². The molecular weight excluding hydrogens is 512 g/mol. The molecule has 1 aliphatic heterocycles. The summed E-state index contributed by atoms with van der Waals surface area (Å²) >= 11 is 0. The summed E-state index contributed by atoms with van der Waals surface area (Å²) in [7, 11) is 1.57. The van der Waals surface area contributed by atoms with Crippen molar-refractivity contribution in [1.29, 1.82) is 0 Å². The van der Waals surface area contributed by atoms with Crippen LogP contribution in [0.3, 0.4) is 0 Å². The predicted octanol–water partition coefficient (Wildman–Crippen LogP) is 2.91. The molecule has 2 aromatic carbocycles. The van der Waals surface area contributed by atoms with Gasteiger partial charge in [-0.25, -0.2) is 8.78 Å². The molecular formula is C27H33F2N5O5. The molecule has 1 saturated heterocycles. The van der Waals surface area contributed by atoms with Gasteiger partial charge in [0.25, 0.3) is 17.5 Å². The van der Waals surface area contributed by atoms with E-state index >= 15 is 0 Å². The lowest BCUT2D eigenvalue weighted by atomic mass is 9.86. The Bertz CT molecular complexity index is 1230. The first kappa shape index (κ1) is 29.6. The van der Waals surface area contributed by atoms with Crippen LogP contribution < -0.4 is 10.6 Å². The molecule has 0 radical (unpaired) electrons. The van der Waals surface area contributed by atoms with E-state index < -0.39 is 50.9 Å². The van der Waals surface area contributed by atoms with Gasteiger partial charge in [-0.15, -0.1) is 0 Å². The molecule has 2 aromatic rings. The average molecular weight is 546 g/mol. The van der Waals surface area contributed by atoms with Gasteiger partial charge in [0, 0.05) is 38.8 Å². The van der Waals surface area contributed by atoms with Gasteiger partial charge in [0.05, 0.1) is 16.1 Å². The first-order valence-corrected chi connectivity index (χ1v) is 12.8. The summed E-state index contributed by atoms with van der Waals surface area (Å²) in [6.45, 7) is 4.90. The summed E-state index contributed by atoms with van der Waals surface area (Å²) < 4.78 is 29.8. The van der Waals surface area contributed by atoms with E-state index in [1.165, 1.54) is 21.9 Å². The minimum Gasteiger partial charge on any atom is -0.343 e. The first-order chi connectivity index (χ1) is 18.5. The van der Waals surface area contributed by atoms with E-state index in [2.05, 4.69) is 10.6 Å². The SMILES string of the molecule is CCN(CC)C(=O)c1c(F)ccc(F)c1C(=O)NC1(C(=O)N(C)CCc2ccc([N+](=O)[O-])cc2)CCNCC1. The molecule has 0 unspecified atom stereocenters. The Kier molecular flexibility index (Phi) is 9.68. The van der Waals surface area contributed by atoms with Crippen molar-refractivity contribution in [3.63, 3.8) is 0 Å². The number of piperidine rings is 1. The maximum atomic E-state index is 15.0. The molecule has 0 aromatic heterocycles. The van der Waals surface area contributed by atoms with Gasteiger partial charge in [-0.1, -0.05) is 12.1 Å². The summed E-state index contributed by atoms with van der Waals surface area (Å²) in [6.07, 6.45) is 0.814. The normalized spacial score (nSPS) is 14.4. The third-order valence-corrected chi connectivity index (χ3v) is 7.04. The minimum atomic E-state index is -1.40. The van der Waals surface area contributed by atoms with Crippen molar-refractivity contribution in [2.24, 2.45) is 0 Å². The maximum Gasteiger partial charge on any atom is 0.269 e. The molecule has 10 nitrogen and oxygen atoms in total. The fourth-order valence-electron chi connectivity index (χ4n) is 4.73. The summed E-state index contributed by atoms with van der Waals surface area (Å²) in [4.78, 5) is 53.3. The molecule has 210 valence electrons. The zero-order chi connectivity index (χ0) is 28.7. The molecule has 3 rings (SSSR count). The third-order valence-electron chi connectivity index (χ3n) is 7.04. The number of likely N-dealkylation sites (N-methyl/N-ethyl adjacent to an activating group) is 1. The van der Waals surface area contributed by atoms with Gasteiger partial charge in [0.2, 0.25) is 5.91 Å². The van der Waals surface area contributed by atoms with Crippen molar-refractivity contribution in [3.05, 3.63) is 74.8 Å². The van der Waals surface area contributed by atoms with E-state index in [9.17, 15) is 33.3 Å². The number of nitrogens with one attached hydrogen (secondary N) is 2. The number of hydrogen-bond donors (Lipinski definition) is 2. The number of hydrogen-bond acceptors (Lipinski definition) is 6. The smallest absolute Gasteiger partial charge is 0.269 e. The van der Waals surface area contributed by atoms with Crippen molar-refractivity contribution in [3.8, 4) is 0 Å². The number of nitrogens with zero attached hydrogens (tertiary/aromatic N) is 3. The summed E-state index contributed by atoms with van der Waals surface area (Å²) in [5, 5.41) is 16.7. The number of nitro groups is 1. The van der Waals surface area contributed by atoms with Crippen molar-refractivity contribution in [1.82, 2.24) is 20.4 Å². The van der Waals surface area contributed by atoms with E-state index in [0.717, 1.165) is 17.7 Å². The second kappa shape index (κ2) is 12.7. The summed E-state index contributed by atoms with van der Waals surface area (Å²) in [5.41, 5.74) is -2.06. The largest absolute Gasteiger partial charge is 0.343 e. The number of benzene rings is 2. The molecule has 3 amide bonds. The van der Waals surface area contributed by atoms with Gasteiger partial charge in [0.15, 0.2) is 0 Å². The Morgan fingerprint density at radius 2 is 1.56 bits per heavy atom. The highest BCUT2D eigenvalue weighted by atomic mass is 19.1. The van der Waals surface area contributed by atoms with Crippen molar-refractivity contribution in [2.45, 2.75) is 38.6 Å². The van der Waals surface area contributed by atoms with Crippen LogP contribution in [-0.4, -0.2) is 77.8 Å². The number of rotatable bonds is 10. The predicted molar refractivity (Wildman–Crippen MR) is 140 cm³/mol. The molecule has 0 aliphatic carbocycles. The lowest BCUT2D eigenvalue weighted by Crippen LogP contribution is -2.63. The highest BCUT2D eigenvalue weighted by Crippen LogP contribution is 2.25. The monoisotopic (exact) mass is 545 g/mol. The Labute approximate surface area is 225 Å². The lowest BCUT2D eigenvalue weighted by Gasteiger charge is -2.39. The summed E-state index contributed by atoms with van der Waals surface area (Å²) in [6, 6.07) is 7.59. The number of non-ortho nitro benzene ring substituents is 1. The van der Waals surface area contributed by atoms with E-state index in [0.29, 0.717) is 19.5 Å². The standard InChI is InChI=1S/C27H33F2N5O5/c1-4-33(5-2)25(36)23-21(29)11-10-20(28)22(23)24(35)31-27(13-15-30-16-14-27)26(37)32(3)17-12-18-6-8-19(9-7-18)34(38)39/h6-11,30H,4-5,12-17H2,1-3H3,(H,31,35). The van der Waals surface area contributed by atoms with Gasteiger partial charge in [-0.3, -0.25) is 24.5 Å². The zero-order valence-electron chi connectivity index (χ0n) is 22.3. The topological polar surface area (TPSA) is 125 Å². The first-order valence-electron chi connectivity index (χ1n) is 12.8. The molecule has 12 heteroatoms. The summed E-state index contributed by atoms with van der Waals surface area (Å²) in [5.74, 6) is -4.35. The Balaban J connectivity index is 1.86. The number of halogens is 2. The van der Waals surface area contributed by atoms with Crippen LogP contribution in [0, 0.1) is 21.7 Å². The molecule has 0 atom stereocenters. The molecule has 0 bridgehead atoms. The Morgan fingerprint density at radius 3 is 2.10 bits per heavy atom. The van der Waals surface area contributed by atoms with Crippen LogP contribution >= 0.6 is 0 Å². The highest BCUT2D eigenvalue weighted by Gasteiger charge is 2.44. The van der Waals surface area contributed by atoms with Crippen molar-refractivity contribution in [2.75, 3.05) is 39.8 Å². The van der Waals surface area contributed by atoms with Crippen LogP contribution in [0.4, 0.5) is 14.5 Å². The van der Waals surface area contributed by atoms with Crippen LogP contribution in [0.5, 0.6) is 0 Å². The molecule has 1 fully saturated rings. The second-order valence-corrected chi connectivity index (χ2v) is 9.44. The highest BCUT2D eigenvalue weighted by molar-refractivity contribution is 6.09. The van der Waals surface area contributed by atoms with E-state index in [4.69, 9.17) is 0 Å². The van der Waals surface area contributed by atoms with Crippen LogP contribution in [0.2, 0.25) is 0 Å². The number of amides is 3. The van der Waals surface area contributed by atoms with Gasteiger partial charge >= 0.3 is 0 Å². The van der Waals surface area contributed by atoms with Crippen LogP contribution in [-0.2, 0) is 11.2 Å². The van der Waals surface area contributed by atoms with Gasteiger partial charge < -0.3 is 20.4 Å². The molecule has 0 spiro atoms. The van der Waals surface area contributed by atoms with Gasteiger partial charge in [0.1, 0.15) is 17.2 Å². The minimum absolute atomic E-state index is 0.0389. The third kappa shape index (κ3) is 6.56. The van der Waals surface area contributed by atoms with Crippen LogP contribution in [0.1, 0.15) is 53.0 Å².